The molecule has 3 nitrogen and oxygen atoms in total. The van der Waals surface area contributed by atoms with Crippen LogP contribution in [0.2, 0.25) is 0 Å². The summed E-state index contributed by atoms with van der Waals surface area (Å²) in [7, 11) is 0. The van der Waals surface area contributed by atoms with Gasteiger partial charge in [0.05, 0.1) is 0 Å². The number of esters is 1. The third kappa shape index (κ3) is 2.31. The molecule has 1 rings (SSSR count). The molecule has 0 N–H and O–H groups in total. The standard InChI is InChI=1S/C7H9NO2S/c1-5(10-6(2)9)7-8-3-4-11-7/h3-5H,1-2H3/t5-/m0/s1. The summed E-state index contributed by atoms with van der Waals surface area (Å²) in [5.74, 6) is -0.271. The van der Waals surface area contributed by atoms with Gasteiger partial charge in [-0.3, -0.25) is 4.79 Å². The van der Waals surface area contributed by atoms with Crippen molar-refractivity contribution in [3.63, 3.8) is 0 Å². The second-order valence-corrected chi connectivity index (χ2v) is 3.05. The molecule has 1 atom stereocenters. The summed E-state index contributed by atoms with van der Waals surface area (Å²) in [5, 5.41) is 2.69. The van der Waals surface area contributed by atoms with Gasteiger partial charge < -0.3 is 4.74 Å². The fraction of sp³-hybridized carbons (Fsp3) is 0.429. The van der Waals surface area contributed by atoms with Gasteiger partial charge in [-0.25, -0.2) is 4.98 Å². The van der Waals surface area contributed by atoms with Gasteiger partial charge in [-0.15, -0.1) is 11.3 Å². The van der Waals surface area contributed by atoms with Crippen LogP contribution in [0, 0.1) is 0 Å². The monoisotopic (exact) mass is 171 g/mol. The Morgan fingerprint density at radius 3 is 3.00 bits per heavy atom. The number of thiazole rings is 1. The summed E-state index contributed by atoms with van der Waals surface area (Å²) in [6.45, 7) is 3.20. The van der Waals surface area contributed by atoms with Crippen molar-refractivity contribution in [3.8, 4) is 0 Å². The summed E-state index contributed by atoms with van der Waals surface area (Å²) in [6.07, 6.45) is 1.48. The number of carbonyl (C=O) groups excluding carboxylic acids is 1. The topological polar surface area (TPSA) is 39.2 Å². The molecule has 0 aliphatic rings. The van der Waals surface area contributed by atoms with Gasteiger partial charge in [0.1, 0.15) is 5.01 Å². The first-order valence-electron chi connectivity index (χ1n) is 3.26. The number of rotatable bonds is 2. The normalized spacial score (nSPS) is 12.5. The number of hydrogen-bond acceptors (Lipinski definition) is 4. The van der Waals surface area contributed by atoms with E-state index in [9.17, 15) is 4.79 Å². The van der Waals surface area contributed by atoms with E-state index in [4.69, 9.17) is 4.74 Å². The Balaban J connectivity index is 2.56. The van der Waals surface area contributed by atoms with Gasteiger partial charge in [-0.2, -0.15) is 0 Å². The SMILES string of the molecule is CC(=O)O[C@@H](C)c1nccs1. The highest BCUT2D eigenvalue weighted by Gasteiger charge is 2.09. The first-order valence-corrected chi connectivity index (χ1v) is 4.14. The van der Waals surface area contributed by atoms with Gasteiger partial charge in [0.2, 0.25) is 0 Å². The first kappa shape index (κ1) is 8.20. The highest BCUT2D eigenvalue weighted by molar-refractivity contribution is 7.09. The van der Waals surface area contributed by atoms with Crippen LogP contribution < -0.4 is 0 Å². The second-order valence-electron chi connectivity index (χ2n) is 2.12. The third-order valence-electron chi connectivity index (χ3n) is 1.14. The lowest BCUT2D eigenvalue weighted by molar-refractivity contribution is -0.145. The molecular weight excluding hydrogens is 162 g/mol. The summed E-state index contributed by atoms with van der Waals surface area (Å²) in [4.78, 5) is 14.5. The number of carbonyl (C=O) groups is 1. The highest BCUT2D eigenvalue weighted by atomic mass is 32.1. The largest absolute Gasteiger partial charge is 0.455 e. The Labute approximate surface area is 69.0 Å². The zero-order chi connectivity index (χ0) is 8.27. The number of nitrogens with zero attached hydrogens (tertiary/aromatic N) is 1. The van der Waals surface area contributed by atoms with Gasteiger partial charge in [0.25, 0.3) is 0 Å². The van der Waals surface area contributed by atoms with E-state index >= 15 is 0 Å². The molecule has 0 aliphatic carbocycles. The molecule has 1 aromatic heterocycles. The van der Waals surface area contributed by atoms with Crippen molar-refractivity contribution in [1.82, 2.24) is 4.98 Å². The van der Waals surface area contributed by atoms with E-state index in [2.05, 4.69) is 4.98 Å². The lowest BCUT2D eigenvalue weighted by Gasteiger charge is -2.06. The van der Waals surface area contributed by atoms with Gasteiger partial charge in [-0.1, -0.05) is 0 Å². The smallest absolute Gasteiger partial charge is 0.303 e. The Morgan fingerprint density at radius 1 is 1.82 bits per heavy atom. The van der Waals surface area contributed by atoms with Crippen LogP contribution in [-0.4, -0.2) is 11.0 Å². The molecule has 0 fully saturated rings. The molecule has 1 heterocycles. The van der Waals surface area contributed by atoms with Crippen LogP contribution in [0.3, 0.4) is 0 Å². The molecular formula is C7H9NO2S. The minimum atomic E-state index is -0.271. The van der Waals surface area contributed by atoms with Crippen molar-refractivity contribution in [2.75, 3.05) is 0 Å². The molecule has 0 saturated heterocycles. The molecule has 1 aromatic rings. The quantitative estimate of drug-likeness (QED) is 0.636. The summed E-state index contributed by atoms with van der Waals surface area (Å²) < 4.78 is 4.90. The van der Waals surface area contributed by atoms with Crippen molar-refractivity contribution in [3.05, 3.63) is 16.6 Å². The predicted octanol–water partition coefficient (Wildman–Crippen LogP) is 1.77. The second kappa shape index (κ2) is 3.48. The number of aromatic nitrogens is 1. The Morgan fingerprint density at radius 2 is 2.55 bits per heavy atom. The highest BCUT2D eigenvalue weighted by Crippen LogP contribution is 2.18. The minimum Gasteiger partial charge on any atom is -0.455 e. The number of ether oxygens (including phenoxy) is 1. The molecule has 0 bridgehead atoms. The lowest BCUT2D eigenvalue weighted by atomic mass is 10.4. The Kier molecular flexibility index (Phi) is 2.59. The molecule has 11 heavy (non-hydrogen) atoms. The number of hydrogen-bond donors (Lipinski definition) is 0. The van der Waals surface area contributed by atoms with E-state index in [0.717, 1.165) is 5.01 Å². The third-order valence-corrected chi connectivity index (χ3v) is 2.08. The average molecular weight is 171 g/mol. The van der Waals surface area contributed by atoms with Gasteiger partial charge in [0.15, 0.2) is 6.10 Å². The fourth-order valence-corrected chi connectivity index (χ4v) is 1.36. The Bertz CT molecular complexity index is 233. The van der Waals surface area contributed by atoms with Crippen LogP contribution in [-0.2, 0) is 9.53 Å². The van der Waals surface area contributed by atoms with Crippen LogP contribution in [0.5, 0.6) is 0 Å². The average Bonchev–Trinajstić information content (AvgIpc) is 2.35. The maximum absolute atomic E-state index is 10.5. The minimum absolute atomic E-state index is 0.215. The molecule has 0 amide bonds. The van der Waals surface area contributed by atoms with Crippen LogP contribution >= 0.6 is 11.3 Å². The molecule has 0 aromatic carbocycles. The van der Waals surface area contributed by atoms with Crippen LogP contribution in [0.15, 0.2) is 11.6 Å². The fourth-order valence-electron chi connectivity index (χ4n) is 0.735. The molecule has 0 saturated carbocycles. The van der Waals surface area contributed by atoms with Gasteiger partial charge in [-0.05, 0) is 6.92 Å². The van der Waals surface area contributed by atoms with Crippen molar-refractivity contribution in [2.24, 2.45) is 0 Å². The maximum atomic E-state index is 10.5. The predicted molar refractivity (Wildman–Crippen MR) is 42.3 cm³/mol. The zero-order valence-corrected chi connectivity index (χ0v) is 7.22. The maximum Gasteiger partial charge on any atom is 0.303 e. The van der Waals surface area contributed by atoms with E-state index in [1.165, 1.54) is 18.3 Å². The summed E-state index contributed by atoms with van der Waals surface area (Å²) in [6, 6.07) is 0. The first-order chi connectivity index (χ1) is 5.20. The molecule has 4 heteroatoms. The summed E-state index contributed by atoms with van der Waals surface area (Å²) in [5.41, 5.74) is 0. The van der Waals surface area contributed by atoms with Crippen LogP contribution in [0.1, 0.15) is 25.0 Å². The van der Waals surface area contributed by atoms with E-state index in [-0.39, 0.29) is 12.1 Å². The van der Waals surface area contributed by atoms with Crippen molar-refractivity contribution < 1.29 is 9.53 Å². The van der Waals surface area contributed by atoms with Crippen molar-refractivity contribution in [1.29, 1.82) is 0 Å². The van der Waals surface area contributed by atoms with Crippen molar-refractivity contribution in [2.45, 2.75) is 20.0 Å². The van der Waals surface area contributed by atoms with E-state index in [1.54, 1.807) is 13.1 Å². The Hall–Kier alpha value is -0.900. The van der Waals surface area contributed by atoms with Crippen LogP contribution in [0.4, 0.5) is 0 Å². The zero-order valence-electron chi connectivity index (χ0n) is 6.40. The molecule has 0 unspecified atom stereocenters. The van der Waals surface area contributed by atoms with Crippen LogP contribution in [0.25, 0.3) is 0 Å². The lowest BCUT2D eigenvalue weighted by Crippen LogP contribution is -2.03. The summed E-state index contributed by atoms with van der Waals surface area (Å²) >= 11 is 1.48. The van der Waals surface area contributed by atoms with Gasteiger partial charge >= 0.3 is 5.97 Å². The molecule has 0 radical (unpaired) electrons. The molecule has 60 valence electrons. The van der Waals surface area contributed by atoms with E-state index in [0.29, 0.717) is 0 Å². The molecule has 0 spiro atoms. The molecule has 0 aliphatic heterocycles. The van der Waals surface area contributed by atoms with Crippen molar-refractivity contribution >= 4 is 17.3 Å². The van der Waals surface area contributed by atoms with E-state index in [1.807, 2.05) is 5.38 Å². The van der Waals surface area contributed by atoms with Gasteiger partial charge in [0, 0.05) is 18.5 Å². The van der Waals surface area contributed by atoms with E-state index < -0.39 is 0 Å².